The Bertz CT molecular complexity index is 280. The zero-order chi connectivity index (χ0) is 21.3. The van der Waals surface area contributed by atoms with Crippen molar-refractivity contribution in [3.05, 3.63) is 0 Å². The Morgan fingerprint density at radius 1 is 0.414 bits per heavy atom. The summed E-state index contributed by atoms with van der Waals surface area (Å²) in [5, 5.41) is 18.6. The number of aliphatic hydroxyl groups excluding tert-OH is 2. The highest BCUT2D eigenvalue weighted by Gasteiger charge is 2.03. The molecule has 1 unspecified atom stereocenters. The SMILES string of the molecule is CCCCCCCCCCCCCCCCCCCCCCC(O)CCCCO. The van der Waals surface area contributed by atoms with Gasteiger partial charge in [0.05, 0.1) is 6.10 Å². The number of aliphatic hydroxyl groups is 2. The molecule has 0 fully saturated rings. The fourth-order valence-electron chi connectivity index (χ4n) is 4.27. The monoisotopic (exact) mass is 412 g/mol. The lowest BCUT2D eigenvalue weighted by molar-refractivity contribution is 0.144. The zero-order valence-corrected chi connectivity index (χ0v) is 20.1. The minimum absolute atomic E-state index is 0.142. The van der Waals surface area contributed by atoms with Crippen LogP contribution < -0.4 is 0 Å². The quantitative estimate of drug-likeness (QED) is 0.147. The third-order valence-corrected chi connectivity index (χ3v) is 6.34. The summed E-state index contributed by atoms with van der Waals surface area (Å²) in [5.74, 6) is 0. The Morgan fingerprint density at radius 3 is 1.00 bits per heavy atom. The van der Waals surface area contributed by atoms with Gasteiger partial charge < -0.3 is 10.2 Å². The number of unbranched alkanes of at least 4 members (excludes halogenated alkanes) is 20. The van der Waals surface area contributed by atoms with E-state index >= 15 is 0 Å². The predicted octanol–water partition coefficient (Wildman–Crippen LogP) is 8.72. The van der Waals surface area contributed by atoms with E-state index in [1.54, 1.807) is 0 Å². The molecule has 2 heteroatoms. The van der Waals surface area contributed by atoms with E-state index in [1.165, 1.54) is 128 Å². The molecule has 0 saturated carbocycles. The fourth-order valence-corrected chi connectivity index (χ4v) is 4.27. The highest BCUT2D eigenvalue weighted by atomic mass is 16.3. The van der Waals surface area contributed by atoms with Crippen molar-refractivity contribution in [2.75, 3.05) is 6.61 Å². The van der Waals surface area contributed by atoms with Gasteiger partial charge in [-0.15, -0.1) is 0 Å². The van der Waals surface area contributed by atoms with Crippen molar-refractivity contribution in [3.8, 4) is 0 Å². The number of hydrogen-bond acceptors (Lipinski definition) is 2. The molecule has 0 aromatic carbocycles. The largest absolute Gasteiger partial charge is 0.396 e. The first kappa shape index (κ1) is 28.9. The molecule has 2 N–H and O–H groups in total. The average molecular weight is 413 g/mol. The van der Waals surface area contributed by atoms with E-state index < -0.39 is 0 Å². The van der Waals surface area contributed by atoms with Gasteiger partial charge in [-0.05, 0) is 25.7 Å². The van der Waals surface area contributed by atoms with E-state index in [0.717, 1.165) is 25.7 Å². The molecule has 0 radical (unpaired) electrons. The maximum Gasteiger partial charge on any atom is 0.0540 e. The smallest absolute Gasteiger partial charge is 0.0540 e. The highest BCUT2D eigenvalue weighted by Crippen LogP contribution is 2.15. The van der Waals surface area contributed by atoms with E-state index in [0.29, 0.717) is 0 Å². The molecule has 0 aromatic heterocycles. The van der Waals surface area contributed by atoms with Crippen molar-refractivity contribution in [1.29, 1.82) is 0 Å². The molecule has 0 aliphatic heterocycles. The van der Waals surface area contributed by atoms with Crippen molar-refractivity contribution in [2.24, 2.45) is 0 Å². The first-order valence-electron chi connectivity index (χ1n) is 13.6. The summed E-state index contributed by atoms with van der Waals surface area (Å²) in [6, 6.07) is 0. The summed E-state index contributed by atoms with van der Waals surface area (Å²) in [6.07, 6.45) is 31.7. The van der Waals surface area contributed by atoms with Gasteiger partial charge in [-0.2, -0.15) is 0 Å². The van der Waals surface area contributed by atoms with Crippen LogP contribution in [-0.4, -0.2) is 22.9 Å². The lowest BCUT2D eigenvalue weighted by Gasteiger charge is -2.09. The molecule has 0 spiro atoms. The molecule has 176 valence electrons. The average Bonchev–Trinajstić information content (AvgIpc) is 2.72. The second-order valence-corrected chi connectivity index (χ2v) is 9.38. The molecule has 0 aromatic rings. The Balaban J connectivity index is 3.05. The van der Waals surface area contributed by atoms with Crippen LogP contribution in [0.5, 0.6) is 0 Å². The van der Waals surface area contributed by atoms with Crippen molar-refractivity contribution >= 4 is 0 Å². The Morgan fingerprint density at radius 2 is 0.690 bits per heavy atom. The van der Waals surface area contributed by atoms with Gasteiger partial charge in [0.15, 0.2) is 0 Å². The van der Waals surface area contributed by atoms with Gasteiger partial charge >= 0.3 is 0 Å². The Labute approximate surface area is 184 Å². The molecule has 0 bridgehead atoms. The molecular formula is C27H56O2. The molecule has 2 nitrogen and oxygen atoms in total. The van der Waals surface area contributed by atoms with Gasteiger partial charge in [0.2, 0.25) is 0 Å². The lowest BCUT2D eigenvalue weighted by atomic mass is 10.0. The lowest BCUT2D eigenvalue weighted by Crippen LogP contribution is -2.06. The number of rotatable bonds is 25. The van der Waals surface area contributed by atoms with Crippen LogP contribution in [0, 0.1) is 0 Å². The molecule has 0 saturated heterocycles. The predicted molar refractivity (Wildman–Crippen MR) is 130 cm³/mol. The molecule has 0 heterocycles. The topological polar surface area (TPSA) is 40.5 Å². The van der Waals surface area contributed by atoms with Crippen LogP contribution in [0.1, 0.15) is 161 Å². The second kappa shape index (κ2) is 26.0. The summed E-state index contributed by atoms with van der Waals surface area (Å²) in [6.45, 7) is 2.55. The fraction of sp³-hybridized carbons (Fsp3) is 1.00. The summed E-state index contributed by atoms with van der Waals surface area (Å²) in [4.78, 5) is 0. The summed E-state index contributed by atoms with van der Waals surface area (Å²) < 4.78 is 0. The normalized spacial score (nSPS) is 12.5. The molecule has 0 aliphatic carbocycles. The third kappa shape index (κ3) is 25.9. The van der Waals surface area contributed by atoms with E-state index in [1.807, 2.05) is 0 Å². The highest BCUT2D eigenvalue weighted by molar-refractivity contribution is 4.57. The maximum atomic E-state index is 9.85. The van der Waals surface area contributed by atoms with Crippen molar-refractivity contribution in [1.82, 2.24) is 0 Å². The summed E-state index contributed by atoms with van der Waals surface area (Å²) >= 11 is 0. The number of hydrogen-bond donors (Lipinski definition) is 2. The van der Waals surface area contributed by atoms with Gasteiger partial charge in [-0.1, -0.05) is 135 Å². The third-order valence-electron chi connectivity index (χ3n) is 6.34. The summed E-state index contributed by atoms with van der Waals surface area (Å²) in [7, 11) is 0. The van der Waals surface area contributed by atoms with Crippen LogP contribution in [0.15, 0.2) is 0 Å². The van der Waals surface area contributed by atoms with Crippen molar-refractivity contribution in [3.63, 3.8) is 0 Å². The van der Waals surface area contributed by atoms with Gasteiger partial charge in [0.25, 0.3) is 0 Å². The van der Waals surface area contributed by atoms with Crippen LogP contribution >= 0.6 is 0 Å². The van der Waals surface area contributed by atoms with Crippen LogP contribution in [0.3, 0.4) is 0 Å². The van der Waals surface area contributed by atoms with E-state index in [2.05, 4.69) is 6.92 Å². The molecule has 0 aliphatic rings. The van der Waals surface area contributed by atoms with Crippen molar-refractivity contribution < 1.29 is 10.2 Å². The van der Waals surface area contributed by atoms with E-state index in [-0.39, 0.29) is 12.7 Å². The molecule has 0 amide bonds. The molecule has 1 atom stereocenters. The minimum atomic E-state index is -0.142. The Kier molecular flexibility index (Phi) is 25.9. The molecule has 0 rings (SSSR count). The molecular weight excluding hydrogens is 356 g/mol. The van der Waals surface area contributed by atoms with Gasteiger partial charge in [0.1, 0.15) is 0 Å². The summed E-state index contributed by atoms with van der Waals surface area (Å²) in [5.41, 5.74) is 0. The van der Waals surface area contributed by atoms with Crippen LogP contribution in [0.4, 0.5) is 0 Å². The van der Waals surface area contributed by atoms with E-state index in [9.17, 15) is 5.11 Å². The van der Waals surface area contributed by atoms with Crippen LogP contribution in [-0.2, 0) is 0 Å². The standard InChI is InChI=1S/C27H56O2/c1-2-3-4-5-6-7-8-9-10-11-12-13-14-15-16-17-18-19-20-21-24-27(29)25-22-23-26-28/h27-29H,2-26H2,1H3. The molecule has 29 heavy (non-hydrogen) atoms. The minimum Gasteiger partial charge on any atom is -0.396 e. The van der Waals surface area contributed by atoms with Crippen molar-refractivity contribution in [2.45, 2.75) is 167 Å². The first-order valence-corrected chi connectivity index (χ1v) is 13.6. The van der Waals surface area contributed by atoms with Gasteiger partial charge in [-0.25, -0.2) is 0 Å². The van der Waals surface area contributed by atoms with Crippen LogP contribution in [0.25, 0.3) is 0 Å². The van der Waals surface area contributed by atoms with Crippen LogP contribution in [0.2, 0.25) is 0 Å². The maximum absolute atomic E-state index is 9.85. The van der Waals surface area contributed by atoms with E-state index in [4.69, 9.17) is 5.11 Å². The first-order chi connectivity index (χ1) is 14.3. The van der Waals surface area contributed by atoms with Gasteiger partial charge in [-0.3, -0.25) is 0 Å². The Hall–Kier alpha value is -0.0800. The second-order valence-electron chi connectivity index (χ2n) is 9.38. The zero-order valence-electron chi connectivity index (χ0n) is 20.1. The van der Waals surface area contributed by atoms with Gasteiger partial charge in [0, 0.05) is 6.61 Å².